The molecule has 3 heterocycles. The van der Waals surface area contributed by atoms with Crippen LogP contribution in [-0.2, 0) is 0 Å². The van der Waals surface area contributed by atoms with Crippen LogP contribution >= 0.6 is 0 Å². The highest BCUT2D eigenvalue weighted by Crippen LogP contribution is 2.45. The number of likely N-dealkylation sites (tertiary alicyclic amines) is 1. The Morgan fingerprint density at radius 1 is 1.30 bits per heavy atom. The highest BCUT2D eigenvalue weighted by atomic mass is 16.2. The lowest BCUT2D eigenvalue weighted by molar-refractivity contribution is 0.0356. The molecule has 0 aromatic carbocycles. The van der Waals surface area contributed by atoms with Crippen LogP contribution in [0.5, 0.6) is 0 Å². The molecule has 1 saturated carbocycles. The monoisotopic (exact) mass is 271 g/mol. The van der Waals surface area contributed by atoms with Gasteiger partial charge in [0.1, 0.15) is 0 Å². The Hall–Kier alpha value is -1.98. The summed E-state index contributed by atoms with van der Waals surface area (Å²) in [6.45, 7) is 2.78. The summed E-state index contributed by atoms with van der Waals surface area (Å²) >= 11 is 0. The van der Waals surface area contributed by atoms with Gasteiger partial charge < -0.3 is 4.90 Å². The summed E-state index contributed by atoms with van der Waals surface area (Å²) in [5.41, 5.74) is 1.11. The van der Waals surface area contributed by atoms with Crippen molar-refractivity contribution in [1.82, 2.24) is 24.5 Å². The Balaban J connectivity index is 1.70. The van der Waals surface area contributed by atoms with Gasteiger partial charge in [0.25, 0.3) is 11.7 Å². The van der Waals surface area contributed by atoms with Gasteiger partial charge in [0.05, 0.1) is 0 Å². The summed E-state index contributed by atoms with van der Waals surface area (Å²) < 4.78 is 1.59. The van der Waals surface area contributed by atoms with E-state index in [2.05, 4.69) is 15.1 Å². The van der Waals surface area contributed by atoms with E-state index in [9.17, 15) is 4.79 Å². The average molecular weight is 271 g/mol. The predicted molar refractivity (Wildman–Crippen MR) is 72.4 cm³/mol. The van der Waals surface area contributed by atoms with Crippen LogP contribution in [0.25, 0.3) is 5.78 Å². The number of hydrogen-bond acceptors (Lipinski definition) is 4. The highest BCUT2D eigenvalue weighted by molar-refractivity contribution is 5.91. The third-order valence-corrected chi connectivity index (χ3v) is 4.64. The number of rotatable bonds is 1. The van der Waals surface area contributed by atoms with E-state index in [1.807, 2.05) is 18.0 Å². The summed E-state index contributed by atoms with van der Waals surface area (Å²) in [5, 5.41) is 4.29. The Labute approximate surface area is 116 Å². The predicted octanol–water partition coefficient (Wildman–Crippen LogP) is 1.59. The van der Waals surface area contributed by atoms with Gasteiger partial charge in [0, 0.05) is 24.5 Å². The molecule has 0 N–H and O–H groups in total. The zero-order valence-corrected chi connectivity index (χ0v) is 11.5. The Kier molecular flexibility index (Phi) is 2.37. The van der Waals surface area contributed by atoms with E-state index in [0.29, 0.717) is 5.78 Å². The summed E-state index contributed by atoms with van der Waals surface area (Å²) in [6, 6.07) is 0. The second-order valence-corrected chi connectivity index (χ2v) is 5.95. The molecule has 1 aliphatic carbocycles. The molecule has 1 spiro atoms. The molecule has 6 heteroatoms. The molecule has 104 valence electrons. The van der Waals surface area contributed by atoms with Crippen molar-refractivity contribution in [1.29, 1.82) is 0 Å². The number of carbonyl (C=O) groups excluding carboxylic acids is 1. The molecular formula is C14H17N5O. The number of nitrogens with zero attached hydrogens (tertiary/aromatic N) is 5. The van der Waals surface area contributed by atoms with E-state index in [1.165, 1.54) is 6.42 Å². The maximum Gasteiger partial charge on any atom is 0.294 e. The van der Waals surface area contributed by atoms with Gasteiger partial charge in [-0.2, -0.15) is 4.98 Å². The Morgan fingerprint density at radius 3 is 2.85 bits per heavy atom. The van der Waals surface area contributed by atoms with Crippen LogP contribution in [0.15, 0.2) is 12.4 Å². The Bertz CT molecular complexity index is 688. The standard InChI is InChI=1S/C14H17N5O/c1-10-8-15-13-16-11(17-19(13)9-10)12(20)18-7-3-6-14(18)4-2-5-14/h8-9H,2-7H2,1H3. The molecule has 0 bridgehead atoms. The van der Waals surface area contributed by atoms with Crippen molar-refractivity contribution >= 4 is 11.7 Å². The van der Waals surface area contributed by atoms with Crippen molar-refractivity contribution in [2.75, 3.05) is 6.54 Å². The molecule has 2 aromatic heterocycles. The minimum absolute atomic E-state index is 0.0367. The molecule has 6 nitrogen and oxygen atoms in total. The fourth-order valence-electron chi connectivity index (χ4n) is 3.45. The first-order valence-electron chi connectivity index (χ1n) is 7.19. The Morgan fingerprint density at radius 2 is 2.10 bits per heavy atom. The minimum Gasteiger partial charge on any atom is -0.330 e. The molecular weight excluding hydrogens is 254 g/mol. The lowest BCUT2D eigenvalue weighted by Gasteiger charge is -2.45. The van der Waals surface area contributed by atoms with Gasteiger partial charge in [-0.15, -0.1) is 5.10 Å². The van der Waals surface area contributed by atoms with Crippen LogP contribution in [0, 0.1) is 6.92 Å². The lowest BCUT2D eigenvalue weighted by Crippen LogP contribution is -2.52. The molecule has 1 amide bonds. The quantitative estimate of drug-likeness (QED) is 0.790. The summed E-state index contributed by atoms with van der Waals surface area (Å²) in [5.74, 6) is 0.724. The second kappa shape index (κ2) is 4.01. The first-order valence-corrected chi connectivity index (χ1v) is 7.19. The van der Waals surface area contributed by atoms with E-state index in [-0.39, 0.29) is 17.3 Å². The molecule has 4 rings (SSSR count). The van der Waals surface area contributed by atoms with E-state index in [4.69, 9.17) is 0 Å². The van der Waals surface area contributed by atoms with Crippen LogP contribution in [-0.4, -0.2) is 42.5 Å². The van der Waals surface area contributed by atoms with Gasteiger partial charge >= 0.3 is 0 Å². The number of aromatic nitrogens is 4. The fraction of sp³-hybridized carbons (Fsp3) is 0.571. The van der Waals surface area contributed by atoms with Gasteiger partial charge in [-0.05, 0) is 44.6 Å². The molecule has 0 radical (unpaired) electrons. The highest BCUT2D eigenvalue weighted by Gasteiger charge is 2.48. The number of amides is 1. The van der Waals surface area contributed by atoms with E-state index >= 15 is 0 Å². The van der Waals surface area contributed by atoms with Crippen molar-refractivity contribution in [3.8, 4) is 0 Å². The van der Waals surface area contributed by atoms with Crippen molar-refractivity contribution in [3.05, 3.63) is 23.8 Å². The third-order valence-electron chi connectivity index (χ3n) is 4.64. The van der Waals surface area contributed by atoms with Gasteiger partial charge in [-0.1, -0.05) is 0 Å². The molecule has 0 unspecified atom stereocenters. The van der Waals surface area contributed by atoms with Crippen LogP contribution in [0.4, 0.5) is 0 Å². The average Bonchev–Trinajstić information content (AvgIpc) is 3.00. The lowest BCUT2D eigenvalue weighted by atomic mass is 9.75. The molecule has 20 heavy (non-hydrogen) atoms. The molecule has 0 atom stereocenters. The topological polar surface area (TPSA) is 63.4 Å². The van der Waals surface area contributed by atoms with Crippen LogP contribution in [0.2, 0.25) is 0 Å². The SMILES string of the molecule is Cc1cnc2nc(C(=O)N3CCCC34CCC4)nn2c1. The molecule has 2 aromatic rings. The van der Waals surface area contributed by atoms with Crippen molar-refractivity contribution in [2.24, 2.45) is 0 Å². The maximum atomic E-state index is 12.7. The number of fused-ring (bicyclic) bond motifs is 1. The molecule has 1 saturated heterocycles. The van der Waals surface area contributed by atoms with Crippen molar-refractivity contribution < 1.29 is 4.79 Å². The van der Waals surface area contributed by atoms with Crippen LogP contribution in [0.1, 0.15) is 48.3 Å². The van der Waals surface area contributed by atoms with Gasteiger partial charge in [-0.25, -0.2) is 9.50 Å². The summed E-state index contributed by atoms with van der Waals surface area (Å²) in [4.78, 5) is 23.1. The number of hydrogen-bond donors (Lipinski definition) is 0. The van der Waals surface area contributed by atoms with Gasteiger partial charge in [0.15, 0.2) is 0 Å². The van der Waals surface area contributed by atoms with Crippen LogP contribution in [0.3, 0.4) is 0 Å². The van der Waals surface area contributed by atoms with E-state index in [0.717, 1.165) is 37.8 Å². The van der Waals surface area contributed by atoms with Crippen molar-refractivity contribution in [3.63, 3.8) is 0 Å². The number of aryl methyl sites for hydroxylation is 1. The van der Waals surface area contributed by atoms with E-state index in [1.54, 1.807) is 10.7 Å². The normalized spacial score (nSPS) is 20.6. The summed E-state index contributed by atoms with van der Waals surface area (Å²) in [7, 11) is 0. The second-order valence-electron chi connectivity index (χ2n) is 5.95. The third kappa shape index (κ3) is 1.57. The maximum absolute atomic E-state index is 12.7. The first-order chi connectivity index (χ1) is 9.68. The summed E-state index contributed by atoms with van der Waals surface area (Å²) in [6.07, 6.45) is 9.28. The molecule has 2 fully saturated rings. The zero-order chi connectivity index (χ0) is 13.7. The van der Waals surface area contributed by atoms with Gasteiger partial charge in [-0.3, -0.25) is 4.79 Å². The van der Waals surface area contributed by atoms with Gasteiger partial charge in [0.2, 0.25) is 5.82 Å². The number of carbonyl (C=O) groups is 1. The largest absolute Gasteiger partial charge is 0.330 e. The minimum atomic E-state index is -0.0367. The molecule has 1 aliphatic heterocycles. The van der Waals surface area contributed by atoms with E-state index < -0.39 is 0 Å². The molecule has 2 aliphatic rings. The fourth-order valence-corrected chi connectivity index (χ4v) is 3.45. The van der Waals surface area contributed by atoms with Crippen LogP contribution < -0.4 is 0 Å². The zero-order valence-electron chi connectivity index (χ0n) is 11.5. The first kappa shape index (κ1) is 11.8. The smallest absolute Gasteiger partial charge is 0.294 e. The van der Waals surface area contributed by atoms with Crippen molar-refractivity contribution in [2.45, 2.75) is 44.6 Å².